The topological polar surface area (TPSA) is 28.7 Å². The highest BCUT2D eigenvalue weighted by molar-refractivity contribution is 9.10. The van der Waals surface area contributed by atoms with Crippen LogP contribution in [0.4, 0.5) is 0 Å². The molecule has 0 aromatic carbocycles. The van der Waals surface area contributed by atoms with Gasteiger partial charge < -0.3 is 4.98 Å². The van der Waals surface area contributed by atoms with Crippen LogP contribution in [-0.4, -0.2) is 9.97 Å². The number of rotatable bonds is 0. The Morgan fingerprint density at radius 1 is 1.50 bits per heavy atom. The van der Waals surface area contributed by atoms with E-state index in [-0.39, 0.29) is 0 Å². The summed E-state index contributed by atoms with van der Waals surface area (Å²) in [5, 5.41) is 0. The first-order chi connectivity index (χ1) is 4.88. The minimum absolute atomic E-state index is 0.902. The number of aromatic nitrogens is 2. The van der Waals surface area contributed by atoms with Crippen LogP contribution in [0.3, 0.4) is 0 Å². The Morgan fingerprint density at radius 2 is 2.40 bits per heavy atom. The van der Waals surface area contributed by atoms with E-state index in [4.69, 9.17) is 0 Å². The quantitative estimate of drug-likeness (QED) is 0.689. The summed E-state index contributed by atoms with van der Waals surface area (Å²) in [5.74, 6) is 0. The second kappa shape index (κ2) is 2.09. The Bertz CT molecular complexity index is 315. The maximum Gasteiger partial charge on any atom is 0.115 e. The molecule has 2 aliphatic heterocycles. The van der Waals surface area contributed by atoms with E-state index in [1.54, 1.807) is 6.20 Å². The molecule has 0 saturated carbocycles. The van der Waals surface area contributed by atoms with Gasteiger partial charge in [-0.3, -0.25) is 0 Å². The van der Waals surface area contributed by atoms with Gasteiger partial charge in [-0.1, -0.05) is 0 Å². The molecule has 1 N–H and O–H groups in total. The van der Waals surface area contributed by atoms with Gasteiger partial charge in [0.15, 0.2) is 0 Å². The highest BCUT2D eigenvalue weighted by Gasteiger charge is 2.05. The fourth-order valence-electron chi connectivity index (χ4n) is 0.927. The van der Waals surface area contributed by atoms with Crippen molar-refractivity contribution in [3.8, 4) is 11.3 Å². The normalized spacial score (nSPS) is 10.5. The standard InChI is InChI=1S/C7H5BrN2/c8-7-5-2-1-3-9-6(5)4-10-7/h1-4,9H. The van der Waals surface area contributed by atoms with E-state index in [0.29, 0.717) is 0 Å². The van der Waals surface area contributed by atoms with Crippen LogP contribution in [0.25, 0.3) is 11.3 Å². The number of fused-ring (bicyclic) bond motifs is 1. The van der Waals surface area contributed by atoms with Gasteiger partial charge in [-0.25, -0.2) is 4.98 Å². The highest BCUT2D eigenvalue weighted by Crippen LogP contribution is 2.26. The van der Waals surface area contributed by atoms with E-state index in [9.17, 15) is 0 Å². The molecule has 0 unspecified atom stereocenters. The van der Waals surface area contributed by atoms with Crippen LogP contribution in [0.2, 0.25) is 0 Å². The molecule has 0 atom stereocenters. The number of nitrogens with zero attached hydrogens (tertiary/aromatic N) is 1. The Balaban J connectivity index is 2.78. The average Bonchev–Trinajstić information content (AvgIpc) is 2.34. The third-order valence-electron chi connectivity index (χ3n) is 1.42. The lowest BCUT2D eigenvalue weighted by molar-refractivity contribution is 1.33. The lowest BCUT2D eigenvalue weighted by Gasteiger charge is -1.94. The lowest BCUT2D eigenvalue weighted by atomic mass is 10.2. The van der Waals surface area contributed by atoms with E-state index in [1.165, 1.54) is 0 Å². The zero-order valence-electron chi connectivity index (χ0n) is 5.13. The number of hydrogen-bond donors (Lipinski definition) is 1. The maximum atomic E-state index is 4.08. The van der Waals surface area contributed by atoms with Crippen molar-refractivity contribution >= 4 is 15.9 Å². The van der Waals surface area contributed by atoms with Crippen molar-refractivity contribution in [1.29, 1.82) is 0 Å². The number of aromatic amines is 1. The van der Waals surface area contributed by atoms with Gasteiger partial charge >= 0.3 is 0 Å². The van der Waals surface area contributed by atoms with Gasteiger partial charge in [0.05, 0.1) is 11.9 Å². The van der Waals surface area contributed by atoms with Crippen LogP contribution in [0.15, 0.2) is 29.1 Å². The van der Waals surface area contributed by atoms with Gasteiger partial charge in [-0.15, -0.1) is 0 Å². The second-order valence-electron chi connectivity index (χ2n) is 2.05. The summed E-state index contributed by atoms with van der Waals surface area (Å²) in [5.41, 5.74) is 2.19. The first-order valence-electron chi connectivity index (χ1n) is 2.95. The number of halogens is 1. The van der Waals surface area contributed by atoms with Crippen molar-refractivity contribution in [3.63, 3.8) is 0 Å². The highest BCUT2D eigenvalue weighted by atomic mass is 79.9. The third kappa shape index (κ3) is 0.743. The molecule has 0 radical (unpaired) electrons. The smallest absolute Gasteiger partial charge is 0.115 e. The molecule has 2 rings (SSSR count). The molecular formula is C7H5BrN2. The van der Waals surface area contributed by atoms with E-state index >= 15 is 0 Å². The number of hydrogen-bond acceptors (Lipinski definition) is 1. The van der Waals surface area contributed by atoms with E-state index in [0.717, 1.165) is 15.9 Å². The summed E-state index contributed by atoms with van der Waals surface area (Å²) >= 11 is 3.34. The Morgan fingerprint density at radius 3 is 3.20 bits per heavy atom. The third-order valence-corrected chi connectivity index (χ3v) is 2.05. The molecule has 2 nitrogen and oxygen atoms in total. The van der Waals surface area contributed by atoms with Gasteiger partial charge in [-0.2, -0.15) is 0 Å². The molecule has 10 heavy (non-hydrogen) atoms. The van der Waals surface area contributed by atoms with Crippen LogP contribution in [0.5, 0.6) is 0 Å². The fourth-order valence-corrected chi connectivity index (χ4v) is 1.38. The molecule has 3 heteroatoms. The molecule has 0 fully saturated rings. The molecule has 0 aromatic rings. The monoisotopic (exact) mass is 196 g/mol. The van der Waals surface area contributed by atoms with Crippen molar-refractivity contribution in [2.75, 3.05) is 0 Å². The van der Waals surface area contributed by atoms with Gasteiger partial charge in [-0.05, 0) is 28.1 Å². The number of nitrogens with one attached hydrogen (secondary N) is 1. The van der Waals surface area contributed by atoms with Gasteiger partial charge in [0, 0.05) is 11.8 Å². The zero-order chi connectivity index (χ0) is 6.97. The number of H-pyrrole nitrogens is 1. The minimum Gasteiger partial charge on any atom is -0.360 e. The van der Waals surface area contributed by atoms with Crippen LogP contribution >= 0.6 is 15.9 Å². The average molecular weight is 197 g/mol. The van der Waals surface area contributed by atoms with Gasteiger partial charge in [0.2, 0.25) is 0 Å². The second-order valence-corrected chi connectivity index (χ2v) is 2.80. The van der Waals surface area contributed by atoms with Crippen LogP contribution in [0, 0.1) is 0 Å². The first kappa shape index (κ1) is 5.92. The Kier molecular flexibility index (Phi) is 1.24. The summed E-state index contributed by atoms with van der Waals surface area (Å²) in [6.07, 6.45) is 3.69. The summed E-state index contributed by atoms with van der Waals surface area (Å²) in [6.45, 7) is 0. The van der Waals surface area contributed by atoms with Crippen molar-refractivity contribution < 1.29 is 0 Å². The molecule has 0 aliphatic carbocycles. The Labute approximate surface area is 66.8 Å². The SMILES string of the molecule is Brc1ncc2[nH]cccc1-2. The molecule has 2 heterocycles. The molecule has 0 spiro atoms. The summed E-state index contributed by atoms with van der Waals surface area (Å²) < 4.78 is 0.902. The number of pyridine rings is 1. The Hall–Kier alpha value is -0.830. The van der Waals surface area contributed by atoms with Gasteiger partial charge in [0.1, 0.15) is 4.60 Å². The van der Waals surface area contributed by atoms with Crippen molar-refractivity contribution in [2.24, 2.45) is 0 Å². The molecule has 0 bridgehead atoms. The first-order valence-corrected chi connectivity index (χ1v) is 3.75. The molecular weight excluding hydrogens is 192 g/mol. The van der Waals surface area contributed by atoms with Crippen LogP contribution in [0.1, 0.15) is 0 Å². The van der Waals surface area contributed by atoms with E-state index in [1.807, 2.05) is 18.3 Å². The van der Waals surface area contributed by atoms with Crippen molar-refractivity contribution in [1.82, 2.24) is 9.97 Å². The molecule has 2 aliphatic rings. The maximum absolute atomic E-state index is 4.08. The minimum atomic E-state index is 0.902. The zero-order valence-corrected chi connectivity index (χ0v) is 6.72. The summed E-state index contributed by atoms with van der Waals surface area (Å²) in [4.78, 5) is 7.16. The van der Waals surface area contributed by atoms with Crippen LogP contribution < -0.4 is 0 Å². The fraction of sp³-hybridized carbons (Fsp3) is 0. The lowest BCUT2D eigenvalue weighted by Crippen LogP contribution is -1.76. The molecule has 0 saturated heterocycles. The van der Waals surface area contributed by atoms with E-state index < -0.39 is 0 Å². The molecule has 0 amide bonds. The van der Waals surface area contributed by atoms with Crippen LogP contribution in [-0.2, 0) is 0 Å². The largest absolute Gasteiger partial charge is 0.360 e. The summed E-state index contributed by atoms with van der Waals surface area (Å²) in [6, 6.07) is 3.97. The predicted molar refractivity (Wildman–Crippen MR) is 42.9 cm³/mol. The van der Waals surface area contributed by atoms with Crippen molar-refractivity contribution in [2.45, 2.75) is 0 Å². The van der Waals surface area contributed by atoms with E-state index in [2.05, 4.69) is 25.9 Å². The predicted octanol–water partition coefficient (Wildman–Crippen LogP) is 2.28. The molecule has 0 aromatic heterocycles. The van der Waals surface area contributed by atoms with Crippen molar-refractivity contribution in [3.05, 3.63) is 29.1 Å². The molecule has 50 valence electrons. The van der Waals surface area contributed by atoms with Gasteiger partial charge in [0.25, 0.3) is 0 Å². The summed E-state index contributed by atoms with van der Waals surface area (Å²) in [7, 11) is 0.